The maximum absolute atomic E-state index is 11.6. The Morgan fingerprint density at radius 2 is 1.94 bits per heavy atom. The van der Waals surface area contributed by atoms with Gasteiger partial charge in [0.15, 0.2) is 0 Å². The molecule has 0 saturated carbocycles. The van der Waals surface area contributed by atoms with E-state index in [9.17, 15) is 22.8 Å². The number of rotatable bonds is 5. The van der Waals surface area contributed by atoms with Crippen molar-refractivity contribution in [3.8, 4) is 0 Å². The first-order valence-corrected chi connectivity index (χ1v) is 4.39. The number of esters is 1. The SMILES string of the molecule is CC(=CCCCOC(=O)C(F)(F)F)C(=O)O. The fraction of sp³-hybridized carbons (Fsp3) is 0.556. The molecule has 0 aromatic heterocycles. The lowest BCUT2D eigenvalue weighted by Crippen LogP contribution is -2.25. The van der Waals surface area contributed by atoms with Gasteiger partial charge < -0.3 is 9.84 Å². The van der Waals surface area contributed by atoms with E-state index in [1.807, 2.05) is 0 Å². The van der Waals surface area contributed by atoms with E-state index in [-0.39, 0.29) is 25.0 Å². The van der Waals surface area contributed by atoms with E-state index in [0.29, 0.717) is 0 Å². The van der Waals surface area contributed by atoms with Gasteiger partial charge in [0.05, 0.1) is 6.61 Å². The Kier molecular flexibility index (Phi) is 5.55. The van der Waals surface area contributed by atoms with Crippen LogP contribution < -0.4 is 0 Å². The highest BCUT2D eigenvalue weighted by molar-refractivity contribution is 5.85. The molecular formula is C9H11F3O4. The van der Waals surface area contributed by atoms with E-state index in [4.69, 9.17) is 5.11 Å². The van der Waals surface area contributed by atoms with Gasteiger partial charge in [-0.25, -0.2) is 9.59 Å². The Morgan fingerprint density at radius 1 is 1.38 bits per heavy atom. The number of hydrogen-bond acceptors (Lipinski definition) is 3. The molecule has 0 fully saturated rings. The zero-order valence-corrected chi connectivity index (χ0v) is 8.50. The summed E-state index contributed by atoms with van der Waals surface area (Å²) in [5.41, 5.74) is 0.0992. The molecule has 0 aromatic rings. The quantitative estimate of drug-likeness (QED) is 0.453. The van der Waals surface area contributed by atoms with Crippen molar-refractivity contribution < 1.29 is 32.6 Å². The number of carboxylic acid groups (broad SMARTS) is 1. The number of carboxylic acids is 1. The van der Waals surface area contributed by atoms with Crippen LogP contribution in [0.5, 0.6) is 0 Å². The highest BCUT2D eigenvalue weighted by Crippen LogP contribution is 2.16. The fourth-order valence-electron chi connectivity index (χ4n) is 0.736. The molecule has 0 rings (SSSR count). The van der Waals surface area contributed by atoms with Crippen LogP contribution in [0.1, 0.15) is 19.8 Å². The smallest absolute Gasteiger partial charge is 0.478 e. The zero-order valence-electron chi connectivity index (χ0n) is 8.50. The van der Waals surface area contributed by atoms with Crippen molar-refractivity contribution in [2.75, 3.05) is 6.61 Å². The summed E-state index contributed by atoms with van der Waals surface area (Å²) in [5.74, 6) is -3.32. The van der Waals surface area contributed by atoms with Gasteiger partial charge in [-0.05, 0) is 19.8 Å². The summed E-state index contributed by atoms with van der Waals surface area (Å²) in [6.45, 7) is 0.978. The number of hydrogen-bond donors (Lipinski definition) is 1. The molecule has 7 heteroatoms. The molecule has 0 aliphatic carbocycles. The number of alkyl halides is 3. The van der Waals surface area contributed by atoms with Crippen molar-refractivity contribution in [2.45, 2.75) is 25.9 Å². The standard InChI is InChI=1S/C9H11F3O4/c1-6(7(13)14)4-2-3-5-16-8(15)9(10,11)12/h4H,2-3,5H2,1H3,(H,13,14). The number of carbonyl (C=O) groups excluding carboxylic acids is 1. The van der Waals surface area contributed by atoms with Gasteiger partial charge in [-0.1, -0.05) is 6.08 Å². The molecule has 0 spiro atoms. The number of allylic oxidation sites excluding steroid dienone is 1. The van der Waals surface area contributed by atoms with Crippen LogP contribution in [0.25, 0.3) is 0 Å². The molecule has 0 unspecified atom stereocenters. The molecule has 0 bridgehead atoms. The average Bonchev–Trinajstić information content (AvgIpc) is 2.14. The summed E-state index contributed by atoms with van der Waals surface area (Å²) in [4.78, 5) is 20.5. The Balaban J connectivity index is 3.75. The normalized spacial score (nSPS) is 12.4. The van der Waals surface area contributed by atoms with Crippen molar-refractivity contribution in [1.29, 1.82) is 0 Å². The van der Waals surface area contributed by atoms with Crippen molar-refractivity contribution >= 4 is 11.9 Å². The highest BCUT2D eigenvalue weighted by Gasteiger charge is 2.40. The van der Waals surface area contributed by atoms with Crippen molar-refractivity contribution in [3.63, 3.8) is 0 Å². The molecule has 0 radical (unpaired) electrons. The Bertz CT molecular complexity index is 294. The monoisotopic (exact) mass is 240 g/mol. The fourth-order valence-corrected chi connectivity index (χ4v) is 0.736. The van der Waals surface area contributed by atoms with E-state index in [1.165, 1.54) is 13.0 Å². The molecule has 0 atom stereocenters. The van der Waals surface area contributed by atoms with Crippen molar-refractivity contribution in [1.82, 2.24) is 0 Å². The van der Waals surface area contributed by atoms with Gasteiger partial charge in [0, 0.05) is 5.57 Å². The van der Waals surface area contributed by atoms with Gasteiger partial charge in [0.1, 0.15) is 0 Å². The topological polar surface area (TPSA) is 63.6 Å². The maximum Gasteiger partial charge on any atom is 0.490 e. The van der Waals surface area contributed by atoms with Gasteiger partial charge in [0.2, 0.25) is 0 Å². The van der Waals surface area contributed by atoms with Crippen LogP contribution in [0.15, 0.2) is 11.6 Å². The predicted octanol–water partition coefficient (Wildman–Crippen LogP) is 1.90. The number of ether oxygens (including phenoxy) is 1. The van der Waals surface area contributed by atoms with Gasteiger partial charge in [-0.15, -0.1) is 0 Å². The Hall–Kier alpha value is -1.53. The molecule has 0 aliphatic heterocycles. The van der Waals surface area contributed by atoms with Gasteiger partial charge in [-0.3, -0.25) is 0 Å². The second kappa shape index (κ2) is 6.14. The van der Waals surface area contributed by atoms with Gasteiger partial charge in [-0.2, -0.15) is 13.2 Å². The molecule has 0 aliphatic rings. The third-order valence-electron chi connectivity index (χ3n) is 1.60. The lowest BCUT2D eigenvalue weighted by molar-refractivity contribution is -0.199. The van der Waals surface area contributed by atoms with Crippen LogP contribution in [-0.2, 0) is 14.3 Å². The Morgan fingerprint density at radius 3 is 2.38 bits per heavy atom. The minimum Gasteiger partial charge on any atom is -0.478 e. The molecule has 4 nitrogen and oxygen atoms in total. The number of carbonyl (C=O) groups is 2. The molecule has 0 aromatic carbocycles. The van der Waals surface area contributed by atoms with Crippen LogP contribution >= 0.6 is 0 Å². The van der Waals surface area contributed by atoms with Crippen LogP contribution in [0.2, 0.25) is 0 Å². The molecule has 16 heavy (non-hydrogen) atoms. The highest BCUT2D eigenvalue weighted by atomic mass is 19.4. The van der Waals surface area contributed by atoms with E-state index < -0.39 is 18.1 Å². The molecular weight excluding hydrogens is 229 g/mol. The molecule has 0 saturated heterocycles. The van der Waals surface area contributed by atoms with E-state index in [1.54, 1.807) is 0 Å². The van der Waals surface area contributed by atoms with E-state index >= 15 is 0 Å². The summed E-state index contributed by atoms with van der Waals surface area (Å²) in [5, 5.41) is 8.43. The first kappa shape index (κ1) is 14.5. The maximum atomic E-state index is 11.6. The first-order chi connectivity index (χ1) is 7.25. The lowest BCUT2D eigenvalue weighted by Gasteiger charge is -2.05. The first-order valence-electron chi connectivity index (χ1n) is 4.39. The minimum atomic E-state index is -4.98. The van der Waals surface area contributed by atoms with E-state index in [0.717, 1.165) is 0 Å². The number of aliphatic carboxylic acids is 1. The average molecular weight is 240 g/mol. The van der Waals surface area contributed by atoms with Gasteiger partial charge in [0.25, 0.3) is 0 Å². The zero-order chi connectivity index (χ0) is 12.8. The third kappa shape index (κ3) is 6.05. The lowest BCUT2D eigenvalue weighted by atomic mass is 10.2. The summed E-state index contributed by atoms with van der Waals surface area (Å²) in [6, 6.07) is 0. The summed E-state index contributed by atoms with van der Waals surface area (Å²) < 4.78 is 38.8. The molecule has 92 valence electrons. The number of halogens is 3. The predicted molar refractivity (Wildman–Crippen MR) is 47.6 cm³/mol. The second-order valence-electron chi connectivity index (χ2n) is 2.97. The molecule has 0 amide bonds. The van der Waals surface area contributed by atoms with Gasteiger partial charge >= 0.3 is 18.1 Å². The largest absolute Gasteiger partial charge is 0.490 e. The second-order valence-corrected chi connectivity index (χ2v) is 2.97. The number of unbranched alkanes of at least 4 members (excludes halogenated alkanes) is 1. The Labute approximate surface area is 89.7 Å². The van der Waals surface area contributed by atoms with Crippen molar-refractivity contribution in [2.24, 2.45) is 0 Å². The van der Waals surface area contributed by atoms with Crippen molar-refractivity contribution in [3.05, 3.63) is 11.6 Å². The third-order valence-corrected chi connectivity index (χ3v) is 1.60. The van der Waals surface area contributed by atoms with Crippen LogP contribution in [-0.4, -0.2) is 29.8 Å². The van der Waals surface area contributed by atoms with Crippen LogP contribution in [0.4, 0.5) is 13.2 Å². The minimum absolute atomic E-state index is 0.0992. The van der Waals surface area contributed by atoms with E-state index in [2.05, 4.69) is 4.74 Å². The molecule has 0 heterocycles. The van der Waals surface area contributed by atoms with Crippen LogP contribution in [0, 0.1) is 0 Å². The summed E-state index contributed by atoms with van der Waals surface area (Å²) in [7, 11) is 0. The summed E-state index contributed by atoms with van der Waals surface area (Å²) in [6.07, 6.45) is -3.24. The summed E-state index contributed by atoms with van der Waals surface area (Å²) >= 11 is 0. The van der Waals surface area contributed by atoms with Crippen LogP contribution in [0.3, 0.4) is 0 Å². The molecule has 1 N–H and O–H groups in total.